The summed E-state index contributed by atoms with van der Waals surface area (Å²) in [5, 5.41) is 15.8. The number of nitrogens with one attached hydrogen (secondary N) is 1. The van der Waals surface area contributed by atoms with E-state index in [2.05, 4.69) is 63.7 Å². The molecule has 3 aromatic carbocycles. The van der Waals surface area contributed by atoms with Crippen molar-refractivity contribution in [3.63, 3.8) is 0 Å². The van der Waals surface area contributed by atoms with Crippen molar-refractivity contribution in [3.05, 3.63) is 89.6 Å². The van der Waals surface area contributed by atoms with Crippen molar-refractivity contribution >= 4 is 28.4 Å². The van der Waals surface area contributed by atoms with E-state index >= 15 is 0 Å². The van der Waals surface area contributed by atoms with E-state index in [0.717, 1.165) is 55.0 Å². The maximum Gasteiger partial charge on any atom is 0.410 e. The number of nitriles is 1. The molecule has 4 aliphatic rings. The second-order valence-electron chi connectivity index (χ2n) is 13.5. The molecule has 1 amide bonds. The molecule has 0 bridgehead atoms. The van der Waals surface area contributed by atoms with Gasteiger partial charge in [-0.2, -0.15) is 15.2 Å². The smallest absolute Gasteiger partial charge is 0.410 e. The predicted octanol–water partition coefficient (Wildman–Crippen LogP) is 4.83. The lowest BCUT2D eigenvalue weighted by molar-refractivity contribution is -0.0274. The largest absolute Gasteiger partial charge is 0.461 e. The van der Waals surface area contributed by atoms with Gasteiger partial charge in [0.05, 0.1) is 37.4 Å². The van der Waals surface area contributed by atoms with E-state index in [1.807, 2.05) is 30.3 Å². The first kappa shape index (κ1) is 31.4. The Balaban J connectivity index is 1.04. The summed E-state index contributed by atoms with van der Waals surface area (Å²) in [7, 11) is 0. The second-order valence-corrected chi connectivity index (χ2v) is 13.5. The van der Waals surface area contributed by atoms with Gasteiger partial charge in [-0.1, -0.05) is 66.7 Å². The molecule has 4 heterocycles. The van der Waals surface area contributed by atoms with E-state index < -0.39 is 6.09 Å². The molecule has 1 spiro atoms. The Morgan fingerprint density at radius 2 is 1.84 bits per heavy atom. The second kappa shape index (κ2) is 13.5. The minimum absolute atomic E-state index is 0.0769. The first-order chi connectivity index (χ1) is 24.1. The van der Waals surface area contributed by atoms with Gasteiger partial charge in [-0.15, -0.1) is 0 Å². The van der Waals surface area contributed by atoms with Crippen LogP contribution in [0.2, 0.25) is 0 Å². The monoisotopic (exact) mass is 659 g/mol. The molecular weight excluding hydrogens is 618 g/mol. The molecule has 3 aliphatic heterocycles. The van der Waals surface area contributed by atoms with Gasteiger partial charge in [-0.3, -0.25) is 0 Å². The highest BCUT2D eigenvalue weighted by Gasteiger charge is 2.46. The van der Waals surface area contributed by atoms with Gasteiger partial charge in [-0.05, 0) is 36.3 Å². The average Bonchev–Trinajstić information content (AvgIpc) is 3.91. The molecule has 3 fully saturated rings. The maximum atomic E-state index is 13.2. The van der Waals surface area contributed by atoms with Crippen LogP contribution in [0.4, 0.5) is 16.3 Å². The Kier molecular flexibility index (Phi) is 8.66. The van der Waals surface area contributed by atoms with Crippen molar-refractivity contribution < 1.29 is 19.0 Å². The number of amides is 1. The Hall–Kier alpha value is -4.92. The SMILES string of the molecule is N#CC[C@H]1CN(c2nc(OC[C@H]3CNC4(CC4)CO3)nc3c2CCN(c2cccc4ccccc24)C3)CCN1C(=O)OCc1ccccc1. The van der Waals surface area contributed by atoms with Gasteiger partial charge in [0.25, 0.3) is 0 Å². The lowest BCUT2D eigenvalue weighted by Gasteiger charge is -2.42. The summed E-state index contributed by atoms with van der Waals surface area (Å²) < 4.78 is 18.1. The van der Waals surface area contributed by atoms with Gasteiger partial charge >= 0.3 is 12.1 Å². The molecule has 1 N–H and O–H groups in total. The van der Waals surface area contributed by atoms with Crippen LogP contribution >= 0.6 is 0 Å². The number of anilines is 2. The van der Waals surface area contributed by atoms with Crippen LogP contribution in [0.3, 0.4) is 0 Å². The molecule has 49 heavy (non-hydrogen) atoms. The highest BCUT2D eigenvalue weighted by Crippen LogP contribution is 2.38. The fourth-order valence-electron chi connectivity index (χ4n) is 7.24. The third kappa shape index (κ3) is 6.71. The Labute approximate surface area is 286 Å². The van der Waals surface area contributed by atoms with Gasteiger partial charge in [0.15, 0.2) is 0 Å². The molecule has 2 saturated heterocycles. The number of benzene rings is 3. The van der Waals surface area contributed by atoms with Crippen molar-refractivity contribution in [2.75, 3.05) is 55.7 Å². The first-order valence-corrected chi connectivity index (χ1v) is 17.3. The van der Waals surface area contributed by atoms with Crippen molar-refractivity contribution in [1.29, 1.82) is 5.26 Å². The van der Waals surface area contributed by atoms with Crippen molar-refractivity contribution in [3.8, 4) is 12.1 Å². The van der Waals surface area contributed by atoms with Crippen molar-refractivity contribution in [2.24, 2.45) is 0 Å². The summed E-state index contributed by atoms with van der Waals surface area (Å²) in [5.74, 6) is 0.817. The standard InChI is InChI=1S/C38H41N7O4/c39-17-13-29-22-44(19-20-45(29)37(46)48-24-27-7-2-1-3-8-27)35-32-14-18-43(34-12-6-10-28-9-4-5-11-31(28)34)23-33(32)41-36(42-35)47-25-30-21-40-38(15-16-38)26-49-30/h1-12,29-30,40H,13-16,18-26H2/t29-,30+/m0/s1. The number of aromatic nitrogens is 2. The molecule has 1 aliphatic carbocycles. The van der Waals surface area contributed by atoms with E-state index in [-0.39, 0.29) is 30.7 Å². The van der Waals surface area contributed by atoms with Crippen molar-refractivity contribution in [1.82, 2.24) is 20.2 Å². The lowest BCUT2D eigenvalue weighted by atomic mass is 10.0. The van der Waals surface area contributed by atoms with E-state index in [1.165, 1.54) is 16.5 Å². The number of morpholine rings is 1. The average molecular weight is 660 g/mol. The minimum Gasteiger partial charge on any atom is -0.461 e. The highest BCUT2D eigenvalue weighted by atomic mass is 16.6. The number of ether oxygens (including phenoxy) is 3. The Bertz CT molecular complexity index is 1850. The topological polar surface area (TPSA) is 116 Å². The van der Waals surface area contributed by atoms with Crippen LogP contribution in [-0.4, -0.2) is 84.6 Å². The van der Waals surface area contributed by atoms with Crippen LogP contribution < -0.4 is 19.9 Å². The van der Waals surface area contributed by atoms with Crippen molar-refractivity contribution in [2.45, 2.75) is 56.5 Å². The van der Waals surface area contributed by atoms with Gasteiger partial charge in [0.2, 0.25) is 0 Å². The number of carbonyl (C=O) groups is 1. The van der Waals surface area contributed by atoms with Crippen LogP contribution in [-0.2, 0) is 29.0 Å². The van der Waals surface area contributed by atoms with Crippen LogP contribution in [0.1, 0.15) is 36.1 Å². The number of fused-ring (bicyclic) bond motifs is 2. The highest BCUT2D eigenvalue weighted by molar-refractivity contribution is 5.94. The zero-order valence-electron chi connectivity index (χ0n) is 27.6. The summed E-state index contributed by atoms with van der Waals surface area (Å²) in [6.07, 6.45) is 2.79. The van der Waals surface area contributed by atoms with Gasteiger partial charge in [0, 0.05) is 54.9 Å². The Morgan fingerprint density at radius 1 is 1.00 bits per heavy atom. The first-order valence-electron chi connectivity index (χ1n) is 17.3. The zero-order valence-corrected chi connectivity index (χ0v) is 27.6. The van der Waals surface area contributed by atoms with Gasteiger partial charge in [0.1, 0.15) is 25.1 Å². The third-order valence-electron chi connectivity index (χ3n) is 10.2. The summed E-state index contributed by atoms with van der Waals surface area (Å²) in [5.41, 5.74) is 4.29. The van der Waals surface area contributed by atoms with E-state index in [4.69, 9.17) is 24.2 Å². The molecule has 4 aromatic rings. The third-order valence-corrected chi connectivity index (χ3v) is 10.2. The fourth-order valence-corrected chi connectivity index (χ4v) is 7.24. The van der Waals surface area contributed by atoms with Crippen LogP contribution in [0.5, 0.6) is 6.01 Å². The van der Waals surface area contributed by atoms with Gasteiger partial charge in [-0.25, -0.2) is 4.79 Å². The molecule has 252 valence electrons. The summed E-state index contributed by atoms with van der Waals surface area (Å²) in [6, 6.07) is 26.8. The lowest BCUT2D eigenvalue weighted by Crippen LogP contribution is -2.55. The molecule has 11 heteroatoms. The quantitative estimate of drug-likeness (QED) is 0.282. The van der Waals surface area contributed by atoms with Crippen LogP contribution in [0.15, 0.2) is 72.8 Å². The van der Waals surface area contributed by atoms with Gasteiger partial charge < -0.3 is 34.2 Å². The molecule has 11 nitrogen and oxygen atoms in total. The minimum atomic E-state index is -0.405. The molecule has 1 saturated carbocycles. The molecule has 2 atom stereocenters. The Morgan fingerprint density at radius 3 is 2.65 bits per heavy atom. The molecule has 0 unspecified atom stereocenters. The number of nitrogens with zero attached hydrogens (tertiary/aromatic N) is 6. The summed E-state index contributed by atoms with van der Waals surface area (Å²) in [6.45, 7) is 4.85. The molecule has 1 aromatic heterocycles. The van der Waals surface area contributed by atoms with E-state index in [1.54, 1.807) is 4.90 Å². The van der Waals surface area contributed by atoms with Crippen LogP contribution in [0, 0.1) is 11.3 Å². The predicted molar refractivity (Wildman–Crippen MR) is 186 cm³/mol. The van der Waals surface area contributed by atoms with E-state index in [0.29, 0.717) is 45.4 Å². The fraction of sp³-hybridized carbons (Fsp3) is 0.421. The number of rotatable bonds is 8. The number of hydrogen-bond donors (Lipinski definition) is 1. The van der Waals surface area contributed by atoms with Crippen LogP contribution in [0.25, 0.3) is 10.8 Å². The molecule has 0 radical (unpaired) electrons. The summed E-state index contributed by atoms with van der Waals surface area (Å²) in [4.78, 5) is 29.5. The number of hydrogen-bond acceptors (Lipinski definition) is 10. The number of carbonyl (C=O) groups excluding carboxylic acids is 1. The zero-order chi connectivity index (χ0) is 33.2. The maximum absolute atomic E-state index is 13.2. The molecule has 8 rings (SSSR count). The summed E-state index contributed by atoms with van der Waals surface area (Å²) >= 11 is 0. The number of piperazine rings is 1. The van der Waals surface area contributed by atoms with E-state index in [9.17, 15) is 10.1 Å². The normalized spacial score (nSPS) is 21.2. The molecular formula is C38H41N7O4.